The number of aromatic nitrogens is 1. The van der Waals surface area contributed by atoms with E-state index in [4.69, 9.17) is 28.3 Å². The van der Waals surface area contributed by atoms with Gasteiger partial charge in [0, 0.05) is 6.20 Å². The molecule has 1 saturated carbocycles. The van der Waals surface area contributed by atoms with Crippen molar-refractivity contribution in [3.05, 3.63) is 28.0 Å². The third-order valence-electron chi connectivity index (χ3n) is 2.70. The summed E-state index contributed by atoms with van der Waals surface area (Å²) < 4.78 is 0. The third-order valence-corrected chi connectivity index (χ3v) is 3.39. The second-order valence-electron chi connectivity index (χ2n) is 3.88. The van der Waals surface area contributed by atoms with Crippen LogP contribution < -0.4 is 0 Å². The van der Waals surface area contributed by atoms with Gasteiger partial charge in [-0.15, -0.1) is 0 Å². The highest BCUT2D eigenvalue weighted by molar-refractivity contribution is 6.41. The lowest BCUT2D eigenvalue weighted by Crippen LogP contribution is -2.17. The number of halogens is 2. The van der Waals surface area contributed by atoms with E-state index in [-0.39, 0.29) is 5.15 Å². The second-order valence-corrected chi connectivity index (χ2v) is 4.64. The van der Waals surface area contributed by atoms with Gasteiger partial charge in [-0.05, 0) is 30.9 Å². The standard InChI is InChI=1S/C10H9Cl2NO2/c11-7-3-6(5-13-8(7)12)4-10(1-2-10)9(14)15/h3,5H,1-2,4H2,(H,14,15). The molecule has 1 fully saturated rings. The SMILES string of the molecule is O=C(O)C1(Cc2cnc(Cl)c(Cl)c2)CC1. The van der Waals surface area contributed by atoms with Crippen molar-refractivity contribution in [2.75, 3.05) is 0 Å². The third kappa shape index (κ3) is 2.08. The Labute approximate surface area is 97.0 Å². The highest BCUT2D eigenvalue weighted by Gasteiger charge is 2.50. The first kappa shape index (κ1) is 10.7. The topological polar surface area (TPSA) is 50.2 Å². The molecule has 1 aromatic rings. The van der Waals surface area contributed by atoms with Crippen LogP contribution in [0.5, 0.6) is 0 Å². The van der Waals surface area contributed by atoms with Crippen LogP contribution in [0.15, 0.2) is 12.3 Å². The average molecular weight is 246 g/mol. The summed E-state index contributed by atoms with van der Waals surface area (Å²) in [5.41, 5.74) is 0.239. The van der Waals surface area contributed by atoms with E-state index >= 15 is 0 Å². The molecule has 2 rings (SSSR count). The fraction of sp³-hybridized carbons (Fsp3) is 0.400. The van der Waals surface area contributed by atoms with Gasteiger partial charge in [-0.2, -0.15) is 0 Å². The lowest BCUT2D eigenvalue weighted by molar-refractivity contribution is -0.143. The van der Waals surface area contributed by atoms with Crippen molar-refractivity contribution in [2.45, 2.75) is 19.3 Å². The number of rotatable bonds is 3. The van der Waals surface area contributed by atoms with E-state index in [1.54, 1.807) is 12.3 Å². The van der Waals surface area contributed by atoms with E-state index < -0.39 is 11.4 Å². The van der Waals surface area contributed by atoms with Gasteiger partial charge in [0.15, 0.2) is 0 Å². The number of hydrogen-bond acceptors (Lipinski definition) is 2. The zero-order chi connectivity index (χ0) is 11.1. The predicted octanol–water partition coefficient (Wildman–Crippen LogP) is 2.80. The van der Waals surface area contributed by atoms with Crippen molar-refractivity contribution < 1.29 is 9.90 Å². The fourth-order valence-electron chi connectivity index (χ4n) is 1.57. The molecule has 15 heavy (non-hydrogen) atoms. The van der Waals surface area contributed by atoms with Gasteiger partial charge in [0.1, 0.15) is 5.15 Å². The van der Waals surface area contributed by atoms with Gasteiger partial charge in [-0.1, -0.05) is 23.2 Å². The highest BCUT2D eigenvalue weighted by atomic mass is 35.5. The minimum atomic E-state index is -0.742. The maximum absolute atomic E-state index is 11.0. The number of hydrogen-bond donors (Lipinski definition) is 1. The molecular weight excluding hydrogens is 237 g/mol. The number of pyridine rings is 1. The Morgan fingerprint density at radius 1 is 1.53 bits per heavy atom. The molecule has 5 heteroatoms. The van der Waals surface area contributed by atoms with Gasteiger partial charge in [-0.25, -0.2) is 4.98 Å². The van der Waals surface area contributed by atoms with Crippen LogP contribution in [0.25, 0.3) is 0 Å². The Kier molecular flexibility index (Phi) is 2.61. The molecule has 80 valence electrons. The van der Waals surface area contributed by atoms with Crippen molar-refractivity contribution in [3.63, 3.8) is 0 Å². The van der Waals surface area contributed by atoms with Crippen LogP contribution in [0.2, 0.25) is 10.2 Å². The van der Waals surface area contributed by atoms with E-state index in [1.807, 2.05) is 0 Å². The summed E-state index contributed by atoms with van der Waals surface area (Å²) >= 11 is 11.5. The van der Waals surface area contributed by atoms with Crippen molar-refractivity contribution >= 4 is 29.2 Å². The quantitative estimate of drug-likeness (QED) is 0.834. The van der Waals surface area contributed by atoms with Gasteiger partial charge < -0.3 is 5.11 Å². The maximum Gasteiger partial charge on any atom is 0.309 e. The van der Waals surface area contributed by atoms with Crippen LogP contribution in [0.4, 0.5) is 0 Å². The molecule has 1 heterocycles. The van der Waals surface area contributed by atoms with E-state index in [0.717, 1.165) is 18.4 Å². The molecular formula is C10H9Cl2NO2. The summed E-state index contributed by atoms with van der Waals surface area (Å²) in [7, 11) is 0. The average Bonchev–Trinajstić information content (AvgIpc) is 2.93. The summed E-state index contributed by atoms with van der Waals surface area (Å²) in [5, 5.41) is 9.63. The number of carboxylic acid groups (broad SMARTS) is 1. The normalized spacial score (nSPS) is 17.5. The molecule has 0 spiro atoms. The first-order valence-corrected chi connectivity index (χ1v) is 5.32. The molecule has 1 N–H and O–H groups in total. The zero-order valence-electron chi connectivity index (χ0n) is 7.83. The second kappa shape index (κ2) is 3.65. The number of carbonyl (C=O) groups is 1. The molecule has 1 aromatic heterocycles. The Bertz CT molecular complexity index is 416. The molecule has 0 aliphatic heterocycles. The minimum absolute atomic E-state index is 0.251. The van der Waals surface area contributed by atoms with Crippen LogP contribution in [-0.4, -0.2) is 16.1 Å². The van der Waals surface area contributed by atoms with Crippen LogP contribution in [-0.2, 0) is 11.2 Å². The Morgan fingerprint density at radius 2 is 2.20 bits per heavy atom. The highest BCUT2D eigenvalue weighted by Crippen LogP contribution is 2.48. The van der Waals surface area contributed by atoms with E-state index in [2.05, 4.69) is 4.98 Å². The van der Waals surface area contributed by atoms with E-state index in [1.165, 1.54) is 0 Å². The van der Waals surface area contributed by atoms with Gasteiger partial charge in [0.2, 0.25) is 0 Å². The van der Waals surface area contributed by atoms with Crippen molar-refractivity contribution in [1.29, 1.82) is 0 Å². The number of carboxylic acids is 1. The molecule has 1 aliphatic rings. The van der Waals surface area contributed by atoms with Gasteiger partial charge >= 0.3 is 5.97 Å². The molecule has 0 saturated heterocycles. The molecule has 0 amide bonds. The van der Waals surface area contributed by atoms with Crippen LogP contribution in [0, 0.1) is 5.41 Å². The minimum Gasteiger partial charge on any atom is -0.481 e. The van der Waals surface area contributed by atoms with Crippen LogP contribution >= 0.6 is 23.2 Å². The molecule has 0 bridgehead atoms. The molecule has 0 aromatic carbocycles. The fourth-order valence-corrected chi connectivity index (χ4v) is 1.86. The lowest BCUT2D eigenvalue weighted by atomic mass is 9.98. The summed E-state index contributed by atoms with van der Waals surface area (Å²) in [6, 6.07) is 1.68. The summed E-state index contributed by atoms with van der Waals surface area (Å²) in [6.45, 7) is 0. The van der Waals surface area contributed by atoms with Gasteiger partial charge in [-0.3, -0.25) is 4.79 Å². The van der Waals surface area contributed by atoms with Gasteiger partial charge in [0.25, 0.3) is 0 Å². The number of nitrogens with zero attached hydrogens (tertiary/aromatic N) is 1. The van der Waals surface area contributed by atoms with Crippen molar-refractivity contribution in [2.24, 2.45) is 5.41 Å². The van der Waals surface area contributed by atoms with Crippen LogP contribution in [0.3, 0.4) is 0 Å². The van der Waals surface area contributed by atoms with Crippen LogP contribution in [0.1, 0.15) is 18.4 Å². The Balaban J connectivity index is 2.18. The van der Waals surface area contributed by atoms with Crippen molar-refractivity contribution in [1.82, 2.24) is 4.98 Å². The molecule has 1 aliphatic carbocycles. The summed E-state index contributed by atoms with van der Waals surface area (Å²) in [6.07, 6.45) is 3.51. The Morgan fingerprint density at radius 3 is 2.67 bits per heavy atom. The van der Waals surface area contributed by atoms with E-state index in [9.17, 15) is 4.79 Å². The number of aliphatic carboxylic acids is 1. The molecule has 0 atom stereocenters. The Hall–Kier alpha value is -0.800. The zero-order valence-corrected chi connectivity index (χ0v) is 9.35. The molecule has 0 radical (unpaired) electrons. The first-order valence-electron chi connectivity index (χ1n) is 4.57. The smallest absolute Gasteiger partial charge is 0.309 e. The summed E-state index contributed by atoms with van der Waals surface area (Å²) in [4.78, 5) is 14.9. The summed E-state index contributed by atoms with van der Waals surface area (Å²) in [5.74, 6) is -0.742. The molecule has 3 nitrogen and oxygen atoms in total. The predicted molar refractivity (Wildman–Crippen MR) is 57.3 cm³/mol. The van der Waals surface area contributed by atoms with Gasteiger partial charge in [0.05, 0.1) is 10.4 Å². The van der Waals surface area contributed by atoms with E-state index in [0.29, 0.717) is 11.4 Å². The monoisotopic (exact) mass is 245 g/mol. The van der Waals surface area contributed by atoms with Crippen molar-refractivity contribution in [3.8, 4) is 0 Å². The lowest BCUT2D eigenvalue weighted by Gasteiger charge is -2.09. The maximum atomic E-state index is 11.0. The molecule has 0 unspecified atom stereocenters. The first-order chi connectivity index (χ1) is 7.03. The largest absolute Gasteiger partial charge is 0.481 e.